The van der Waals surface area contributed by atoms with E-state index in [0.29, 0.717) is 25.4 Å². The number of carbonyl (C=O) groups is 2. The Kier molecular flexibility index (Phi) is 7.78. The average Bonchev–Trinajstić information content (AvgIpc) is 2.68. The van der Waals surface area contributed by atoms with Crippen LogP contribution < -0.4 is 14.8 Å². The lowest BCUT2D eigenvalue weighted by atomic mass is 9.93. The van der Waals surface area contributed by atoms with E-state index in [-0.39, 0.29) is 30.3 Å². The summed E-state index contributed by atoms with van der Waals surface area (Å²) in [5.41, 5.74) is -0.583. The van der Waals surface area contributed by atoms with Gasteiger partial charge in [-0.3, -0.25) is 9.59 Å². The first-order chi connectivity index (χ1) is 12.9. The molecule has 0 unspecified atom stereocenters. The van der Waals surface area contributed by atoms with Crippen LogP contribution in [0.15, 0.2) is 24.3 Å². The van der Waals surface area contributed by atoms with Crippen molar-refractivity contribution in [1.29, 1.82) is 0 Å². The molecular formula is C20H29ClN2O4. The highest BCUT2D eigenvalue weighted by molar-refractivity contribution is 6.19. The van der Waals surface area contributed by atoms with Crippen molar-refractivity contribution >= 4 is 23.4 Å². The summed E-state index contributed by atoms with van der Waals surface area (Å²) in [5.74, 6) is 1.60. The Morgan fingerprint density at radius 3 is 2.22 bits per heavy atom. The molecule has 1 aromatic carbocycles. The fourth-order valence-corrected chi connectivity index (χ4v) is 2.87. The molecule has 1 fully saturated rings. The third-order valence-electron chi connectivity index (χ3n) is 4.63. The van der Waals surface area contributed by atoms with Crippen LogP contribution in [0.5, 0.6) is 11.5 Å². The molecule has 0 bridgehead atoms. The number of amides is 2. The van der Waals surface area contributed by atoms with Crippen molar-refractivity contribution < 1.29 is 19.1 Å². The van der Waals surface area contributed by atoms with Gasteiger partial charge in [-0.25, -0.2) is 0 Å². The highest BCUT2D eigenvalue weighted by Gasteiger charge is 2.30. The molecule has 0 radical (unpaired) electrons. The largest absolute Gasteiger partial charge is 0.494 e. The average molecular weight is 397 g/mol. The zero-order chi connectivity index (χ0) is 19.9. The van der Waals surface area contributed by atoms with Crippen molar-refractivity contribution in [1.82, 2.24) is 10.2 Å². The fourth-order valence-electron chi connectivity index (χ4n) is 2.75. The number of hydrogen-bond donors (Lipinski definition) is 1. The van der Waals surface area contributed by atoms with Gasteiger partial charge in [-0.05, 0) is 57.9 Å². The van der Waals surface area contributed by atoms with Gasteiger partial charge in [-0.1, -0.05) is 0 Å². The van der Waals surface area contributed by atoms with Gasteiger partial charge in [0.1, 0.15) is 11.5 Å². The number of halogens is 1. The minimum absolute atomic E-state index is 0.00425. The van der Waals surface area contributed by atoms with Crippen LogP contribution in [-0.4, -0.2) is 54.9 Å². The van der Waals surface area contributed by atoms with Crippen LogP contribution in [-0.2, 0) is 9.59 Å². The molecule has 2 amide bonds. The number of alkyl halides is 1. The number of nitrogens with zero attached hydrogens (tertiary/aromatic N) is 1. The third-order valence-corrected chi connectivity index (χ3v) is 5.30. The zero-order valence-corrected chi connectivity index (χ0v) is 17.1. The van der Waals surface area contributed by atoms with Crippen LogP contribution >= 0.6 is 11.6 Å². The van der Waals surface area contributed by atoms with Crippen LogP contribution in [0.25, 0.3) is 0 Å². The number of ether oxygens (including phenoxy) is 2. The van der Waals surface area contributed by atoms with Gasteiger partial charge in [0.2, 0.25) is 5.91 Å². The van der Waals surface area contributed by atoms with Gasteiger partial charge in [0, 0.05) is 25.0 Å². The smallest absolute Gasteiger partial charge is 0.260 e. The molecular weight excluding hydrogens is 368 g/mol. The van der Waals surface area contributed by atoms with Gasteiger partial charge in [0.15, 0.2) is 6.61 Å². The fraction of sp³-hybridized carbons (Fsp3) is 0.600. The van der Waals surface area contributed by atoms with Crippen molar-refractivity contribution in [3.05, 3.63) is 24.3 Å². The van der Waals surface area contributed by atoms with Gasteiger partial charge in [0.25, 0.3) is 5.91 Å². The molecule has 0 saturated carbocycles. The molecule has 0 aromatic heterocycles. The summed E-state index contributed by atoms with van der Waals surface area (Å²) in [6.07, 6.45) is 1.47. The van der Waals surface area contributed by atoms with Gasteiger partial charge >= 0.3 is 0 Å². The molecule has 150 valence electrons. The highest BCUT2D eigenvalue weighted by Crippen LogP contribution is 2.20. The van der Waals surface area contributed by atoms with E-state index in [1.807, 2.05) is 32.9 Å². The Bertz CT molecular complexity index is 625. The quantitative estimate of drug-likeness (QED) is 0.686. The predicted octanol–water partition coefficient (Wildman–Crippen LogP) is 2.84. The lowest BCUT2D eigenvalue weighted by Gasteiger charge is -2.34. The third kappa shape index (κ3) is 6.31. The molecule has 1 aromatic rings. The van der Waals surface area contributed by atoms with Crippen molar-refractivity contribution in [2.24, 2.45) is 5.41 Å². The van der Waals surface area contributed by atoms with Crippen molar-refractivity contribution in [2.45, 2.75) is 39.7 Å². The highest BCUT2D eigenvalue weighted by atomic mass is 35.5. The molecule has 7 heteroatoms. The number of carbonyl (C=O) groups excluding carboxylic acids is 2. The second-order valence-corrected chi connectivity index (χ2v) is 7.61. The maximum atomic E-state index is 12.3. The number of piperidine rings is 1. The van der Waals surface area contributed by atoms with Crippen molar-refractivity contribution in [2.75, 3.05) is 32.2 Å². The van der Waals surface area contributed by atoms with E-state index < -0.39 is 5.41 Å². The van der Waals surface area contributed by atoms with Crippen LogP contribution in [0, 0.1) is 5.41 Å². The Labute approximate surface area is 166 Å². The number of nitrogens with one attached hydrogen (secondary N) is 1. The normalized spacial score (nSPS) is 15.3. The molecule has 6 nitrogen and oxygen atoms in total. The summed E-state index contributed by atoms with van der Waals surface area (Å²) in [6, 6.07) is 7.30. The van der Waals surface area contributed by atoms with Crippen LogP contribution in [0.4, 0.5) is 0 Å². The second kappa shape index (κ2) is 9.83. The van der Waals surface area contributed by atoms with Crippen LogP contribution in [0.3, 0.4) is 0 Å². The Morgan fingerprint density at radius 1 is 1.15 bits per heavy atom. The summed E-state index contributed by atoms with van der Waals surface area (Å²) in [5, 5.41) is 3.04. The van der Waals surface area contributed by atoms with E-state index in [0.717, 1.165) is 18.6 Å². The topological polar surface area (TPSA) is 67.9 Å². The summed E-state index contributed by atoms with van der Waals surface area (Å²) < 4.78 is 11.0. The Hall–Kier alpha value is -1.95. The van der Waals surface area contributed by atoms with Gasteiger partial charge in [-0.2, -0.15) is 0 Å². The first kappa shape index (κ1) is 21.4. The monoisotopic (exact) mass is 396 g/mol. The molecule has 1 aliphatic heterocycles. The Morgan fingerprint density at radius 2 is 1.70 bits per heavy atom. The molecule has 1 aliphatic rings. The van der Waals surface area contributed by atoms with E-state index in [1.54, 1.807) is 17.0 Å². The van der Waals surface area contributed by atoms with Crippen LogP contribution in [0.1, 0.15) is 33.6 Å². The molecule has 1 heterocycles. The minimum atomic E-state index is -0.583. The van der Waals surface area contributed by atoms with Gasteiger partial charge in [0.05, 0.1) is 12.0 Å². The number of hydrogen-bond acceptors (Lipinski definition) is 4. The molecule has 0 aliphatic carbocycles. The standard InChI is InChI=1S/C20H29ClN2O4/c1-4-26-16-5-7-17(8-6-16)27-13-18(24)23-11-9-15(10-12-23)22-19(25)20(2,3)14-21/h5-8,15H,4,9-14H2,1-3H3,(H,22,25). The maximum absolute atomic E-state index is 12.3. The zero-order valence-electron chi connectivity index (χ0n) is 16.3. The number of rotatable bonds is 8. The molecule has 2 rings (SSSR count). The lowest BCUT2D eigenvalue weighted by molar-refractivity contribution is -0.134. The van der Waals surface area contributed by atoms with Crippen molar-refractivity contribution in [3.63, 3.8) is 0 Å². The SMILES string of the molecule is CCOc1ccc(OCC(=O)N2CCC(NC(=O)C(C)(C)CCl)CC2)cc1. The maximum Gasteiger partial charge on any atom is 0.260 e. The van der Waals surface area contributed by atoms with E-state index in [1.165, 1.54) is 0 Å². The molecule has 0 atom stereocenters. The first-order valence-corrected chi connectivity index (χ1v) is 9.89. The van der Waals surface area contributed by atoms with Gasteiger partial charge < -0.3 is 19.7 Å². The summed E-state index contributed by atoms with van der Waals surface area (Å²) >= 11 is 5.85. The Balaban J connectivity index is 1.74. The number of likely N-dealkylation sites (tertiary alicyclic amines) is 1. The van der Waals surface area contributed by atoms with Gasteiger partial charge in [-0.15, -0.1) is 11.6 Å². The van der Waals surface area contributed by atoms with E-state index >= 15 is 0 Å². The molecule has 1 N–H and O–H groups in total. The molecule has 0 spiro atoms. The summed E-state index contributed by atoms with van der Waals surface area (Å²) in [6.45, 7) is 7.41. The first-order valence-electron chi connectivity index (χ1n) is 9.36. The minimum Gasteiger partial charge on any atom is -0.494 e. The predicted molar refractivity (Wildman–Crippen MR) is 105 cm³/mol. The van der Waals surface area contributed by atoms with E-state index in [4.69, 9.17) is 21.1 Å². The van der Waals surface area contributed by atoms with Crippen molar-refractivity contribution in [3.8, 4) is 11.5 Å². The molecule has 1 saturated heterocycles. The van der Waals surface area contributed by atoms with Crippen LogP contribution in [0.2, 0.25) is 0 Å². The summed E-state index contributed by atoms with van der Waals surface area (Å²) in [7, 11) is 0. The lowest BCUT2D eigenvalue weighted by Crippen LogP contribution is -2.50. The second-order valence-electron chi connectivity index (χ2n) is 7.34. The van der Waals surface area contributed by atoms with E-state index in [9.17, 15) is 9.59 Å². The number of benzene rings is 1. The van der Waals surface area contributed by atoms with E-state index in [2.05, 4.69) is 5.32 Å². The molecule has 27 heavy (non-hydrogen) atoms. The summed E-state index contributed by atoms with van der Waals surface area (Å²) in [4.78, 5) is 26.3.